The van der Waals surface area contributed by atoms with Crippen molar-refractivity contribution < 1.29 is 0 Å². The predicted molar refractivity (Wildman–Crippen MR) is 55.5 cm³/mol. The van der Waals surface area contributed by atoms with Crippen molar-refractivity contribution in [3.63, 3.8) is 0 Å². The Balaban J connectivity index is 2.30. The molecule has 0 unspecified atom stereocenters. The SMILES string of the molecule is CCn1cncc1Cn1cnccc1=O. The topological polar surface area (TPSA) is 52.7 Å². The fourth-order valence-corrected chi connectivity index (χ4v) is 1.44. The molecule has 78 valence electrons. The average Bonchev–Trinajstić information content (AvgIpc) is 2.69. The van der Waals surface area contributed by atoms with Crippen LogP contribution in [0.4, 0.5) is 0 Å². The van der Waals surface area contributed by atoms with E-state index in [1.807, 2.05) is 11.5 Å². The molecule has 0 spiro atoms. The zero-order valence-corrected chi connectivity index (χ0v) is 8.50. The quantitative estimate of drug-likeness (QED) is 0.732. The number of nitrogens with zero attached hydrogens (tertiary/aromatic N) is 4. The van der Waals surface area contributed by atoms with E-state index in [2.05, 4.69) is 9.97 Å². The first-order valence-electron chi connectivity index (χ1n) is 4.80. The van der Waals surface area contributed by atoms with Gasteiger partial charge in [0.25, 0.3) is 5.56 Å². The molecule has 0 fully saturated rings. The van der Waals surface area contributed by atoms with E-state index in [9.17, 15) is 4.79 Å². The van der Waals surface area contributed by atoms with Gasteiger partial charge in [0.1, 0.15) is 0 Å². The lowest BCUT2D eigenvalue weighted by atomic mass is 10.4. The molecule has 0 bridgehead atoms. The van der Waals surface area contributed by atoms with Gasteiger partial charge in [-0.15, -0.1) is 0 Å². The summed E-state index contributed by atoms with van der Waals surface area (Å²) in [6, 6.07) is 1.45. The molecule has 0 aliphatic heterocycles. The van der Waals surface area contributed by atoms with Gasteiger partial charge in [-0.1, -0.05) is 0 Å². The van der Waals surface area contributed by atoms with Crippen LogP contribution in [0.2, 0.25) is 0 Å². The first kappa shape index (κ1) is 9.64. The summed E-state index contributed by atoms with van der Waals surface area (Å²) in [6.07, 6.45) is 6.56. The largest absolute Gasteiger partial charge is 0.333 e. The molecule has 2 aromatic rings. The van der Waals surface area contributed by atoms with Crippen LogP contribution >= 0.6 is 0 Å². The van der Waals surface area contributed by atoms with Crippen LogP contribution in [0.25, 0.3) is 0 Å². The van der Waals surface area contributed by atoms with E-state index in [1.165, 1.54) is 18.6 Å². The Hall–Kier alpha value is -1.91. The molecular formula is C10H12N4O. The van der Waals surface area contributed by atoms with Crippen molar-refractivity contribution in [2.45, 2.75) is 20.0 Å². The monoisotopic (exact) mass is 204 g/mol. The summed E-state index contributed by atoms with van der Waals surface area (Å²) >= 11 is 0. The highest BCUT2D eigenvalue weighted by molar-refractivity contribution is 5.00. The van der Waals surface area contributed by atoms with Crippen molar-refractivity contribution in [2.24, 2.45) is 0 Å². The van der Waals surface area contributed by atoms with Crippen LogP contribution in [0.3, 0.4) is 0 Å². The summed E-state index contributed by atoms with van der Waals surface area (Å²) in [5, 5.41) is 0. The Morgan fingerprint density at radius 3 is 2.80 bits per heavy atom. The molecule has 0 saturated heterocycles. The van der Waals surface area contributed by atoms with E-state index in [4.69, 9.17) is 0 Å². The summed E-state index contributed by atoms with van der Waals surface area (Å²) in [5.74, 6) is 0. The number of hydrogen-bond donors (Lipinski definition) is 0. The van der Waals surface area contributed by atoms with Crippen molar-refractivity contribution in [2.75, 3.05) is 0 Å². The van der Waals surface area contributed by atoms with Crippen molar-refractivity contribution in [1.29, 1.82) is 0 Å². The van der Waals surface area contributed by atoms with E-state index in [0.717, 1.165) is 12.2 Å². The number of aryl methyl sites for hydroxylation is 1. The van der Waals surface area contributed by atoms with Gasteiger partial charge < -0.3 is 4.57 Å². The standard InChI is InChI=1S/C10H12N4O/c1-2-13-8-12-5-9(13)6-14-7-11-4-3-10(14)15/h3-5,7-8H,2,6H2,1H3. The van der Waals surface area contributed by atoms with E-state index < -0.39 is 0 Å². The van der Waals surface area contributed by atoms with Gasteiger partial charge in [0.15, 0.2) is 0 Å². The molecule has 0 radical (unpaired) electrons. The van der Waals surface area contributed by atoms with Crippen LogP contribution in [-0.4, -0.2) is 19.1 Å². The lowest BCUT2D eigenvalue weighted by Crippen LogP contribution is -2.20. The van der Waals surface area contributed by atoms with Crippen LogP contribution in [0, 0.1) is 0 Å². The van der Waals surface area contributed by atoms with Crippen molar-refractivity contribution in [3.05, 3.63) is 47.2 Å². The first-order chi connectivity index (χ1) is 7.31. The highest BCUT2D eigenvalue weighted by Crippen LogP contribution is 2.00. The minimum absolute atomic E-state index is 0.0474. The first-order valence-corrected chi connectivity index (χ1v) is 4.80. The Morgan fingerprint density at radius 1 is 1.27 bits per heavy atom. The second-order valence-electron chi connectivity index (χ2n) is 3.22. The third-order valence-corrected chi connectivity index (χ3v) is 2.26. The summed E-state index contributed by atoms with van der Waals surface area (Å²) in [6.45, 7) is 3.40. The number of aromatic nitrogens is 4. The maximum atomic E-state index is 11.4. The van der Waals surface area contributed by atoms with Gasteiger partial charge in [0.2, 0.25) is 0 Å². The minimum Gasteiger partial charge on any atom is -0.333 e. The molecule has 0 amide bonds. The highest BCUT2D eigenvalue weighted by Gasteiger charge is 2.02. The van der Waals surface area contributed by atoms with Gasteiger partial charge >= 0.3 is 0 Å². The smallest absolute Gasteiger partial charge is 0.253 e. The average molecular weight is 204 g/mol. The van der Waals surface area contributed by atoms with Gasteiger partial charge in [-0.25, -0.2) is 9.97 Å². The lowest BCUT2D eigenvalue weighted by molar-refractivity contribution is 0.648. The van der Waals surface area contributed by atoms with Crippen LogP contribution in [-0.2, 0) is 13.1 Å². The third kappa shape index (κ3) is 1.96. The van der Waals surface area contributed by atoms with Crippen LogP contribution in [0.5, 0.6) is 0 Å². The second-order valence-corrected chi connectivity index (χ2v) is 3.22. The maximum Gasteiger partial charge on any atom is 0.253 e. The van der Waals surface area contributed by atoms with Gasteiger partial charge in [0.05, 0.1) is 24.9 Å². The fraction of sp³-hybridized carbons (Fsp3) is 0.300. The maximum absolute atomic E-state index is 11.4. The van der Waals surface area contributed by atoms with E-state index in [0.29, 0.717) is 6.54 Å². The molecule has 2 heterocycles. The minimum atomic E-state index is -0.0474. The van der Waals surface area contributed by atoms with E-state index in [-0.39, 0.29) is 5.56 Å². The van der Waals surface area contributed by atoms with Gasteiger partial charge in [-0.05, 0) is 6.92 Å². The predicted octanol–water partition coefficient (Wildman–Crippen LogP) is 0.508. The zero-order chi connectivity index (χ0) is 10.7. The molecule has 2 rings (SSSR count). The second kappa shape index (κ2) is 4.08. The molecule has 0 saturated carbocycles. The molecule has 0 atom stereocenters. The highest BCUT2D eigenvalue weighted by atomic mass is 16.1. The summed E-state index contributed by atoms with van der Waals surface area (Å²) in [4.78, 5) is 19.4. The van der Waals surface area contributed by atoms with Crippen LogP contribution in [0.1, 0.15) is 12.6 Å². The Bertz CT molecular complexity index is 500. The fourth-order valence-electron chi connectivity index (χ4n) is 1.44. The number of imidazole rings is 1. The molecule has 0 N–H and O–H groups in total. The van der Waals surface area contributed by atoms with Gasteiger partial charge in [-0.2, -0.15) is 0 Å². The Kier molecular flexibility index (Phi) is 2.62. The lowest BCUT2D eigenvalue weighted by Gasteiger charge is -2.06. The number of rotatable bonds is 3. The normalized spacial score (nSPS) is 10.5. The molecule has 0 aromatic carbocycles. The summed E-state index contributed by atoms with van der Waals surface area (Å²) in [5.41, 5.74) is 0.960. The Morgan fingerprint density at radius 2 is 2.07 bits per heavy atom. The van der Waals surface area contributed by atoms with Crippen molar-refractivity contribution in [3.8, 4) is 0 Å². The number of hydrogen-bond acceptors (Lipinski definition) is 3. The summed E-state index contributed by atoms with van der Waals surface area (Å²) in [7, 11) is 0. The molecule has 15 heavy (non-hydrogen) atoms. The molecule has 0 aliphatic rings. The molecular weight excluding hydrogens is 192 g/mol. The van der Waals surface area contributed by atoms with Gasteiger partial charge in [-0.3, -0.25) is 9.36 Å². The molecule has 5 heteroatoms. The van der Waals surface area contributed by atoms with Gasteiger partial charge in [0, 0.05) is 25.0 Å². The molecule has 0 aliphatic carbocycles. The van der Waals surface area contributed by atoms with Crippen LogP contribution < -0.4 is 5.56 Å². The van der Waals surface area contributed by atoms with Crippen molar-refractivity contribution >= 4 is 0 Å². The molecule has 5 nitrogen and oxygen atoms in total. The zero-order valence-electron chi connectivity index (χ0n) is 8.50. The van der Waals surface area contributed by atoms with Crippen LogP contribution in [0.15, 0.2) is 35.9 Å². The summed E-state index contributed by atoms with van der Waals surface area (Å²) < 4.78 is 3.56. The Labute approximate surface area is 87.0 Å². The van der Waals surface area contributed by atoms with E-state index >= 15 is 0 Å². The van der Waals surface area contributed by atoms with Crippen molar-refractivity contribution in [1.82, 2.24) is 19.1 Å². The third-order valence-electron chi connectivity index (χ3n) is 2.26. The molecule has 2 aromatic heterocycles. The van der Waals surface area contributed by atoms with E-state index in [1.54, 1.807) is 17.1 Å².